The molecular formula is C25H26IN5O7S2. The van der Waals surface area contributed by atoms with Crippen molar-refractivity contribution in [1.82, 2.24) is 9.30 Å². The molecule has 0 bridgehead atoms. The number of aliphatic hydroxyl groups excluding tert-OH is 1. The van der Waals surface area contributed by atoms with Crippen molar-refractivity contribution < 1.29 is 57.7 Å². The lowest BCUT2D eigenvalue weighted by molar-refractivity contribution is -0.717. The SMILES string of the molecule is CSc1c2sc(C3=C(C(=O)OCc4ccc([N+](=O)[O-])cc4)N4C(=O)[C@H]([C@@H](C)O)[C@H]4[C@H]3C)cn2c[n+]1CC(N)=O.[I-]. The third-order valence-corrected chi connectivity index (χ3v) is 9.16. The molecule has 15 heteroatoms. The Morgan fingerprint density at radius 1 is 1.32 bits per heavy atom. The van der Waals surface area contributed by atoms with Crippen LogP contribution in [0, 0.1) is 22.0 Å². The lowest BCUT2D eigenvalue weighted by Crippen LogP contribution is -3.00. The second-order valence-corrected chi connectivity index (χ2v) is 11.4. The Labute approximate surface area is 253 Å². The van der Waals surface area contributed by atoms with Gasteiger partial charge >= 0.3 is 5.97 Å². The number of fused-ring (bicyclic) bond motifs is 2. The van der Waals surface area contributed by atoms with Crippen molar-refractivity contribution in [3.63, 3.8) is 0 Å². The molecule has 5 rings (SSSR count). The Morgan fingerprint density at radius 3 is 2.58 bits per heavy atom. The molecule has 4 atom stereocenters. The fourth-order valence-corrected chi connectivity index (χ4v) is 7.54. The van der Waals surface area contributed by atoms with Crippen LogP contribution in [0.15, 0.2) is 47.5 Å². The smallest absolute Gasteiger partial charge is 0.355 e. The topological polar surface area (TPSA) is 161 Å². The normalized spacial score (nSPS) is 20.6. The maximum atomic E-state index is 13.5. The zero-order chi connectivity index (χ0) is 28.2. The fourth-order valence-electron chi connectivity index (χ4n) is 5.36. The third kappa shape index (κ3) is 4.99. The Hall–Kier alpha value is -3.02. The fraction of sp³-hybridized carbons (Fsp3) is 0.360. The van der Waals surface area contributed by atoms with E-state index in [0.29, 0.717) is 11.1 Å². The average molecular weight is 700 g/mol. The molecule has 1 saturated heterocycles. The number of aromatic nitrogens is 2. The van der Waals surface area contributed by atoms with Gasteiger partial charge in [-0.25, -0.2) is 9.36 Å². The molecule has 0 spiro atoms. The van der Waals surface area contributed by atoms with Crippen LogP contribution < -0.4 is 34.3 Å². The van der Waals surface area contributed by atoms with E-state index in [2.05, 4.69) is 0 Å². The van der Waals surface area contributed by atoms with E-state index in [1.165, 1.54) is 52.3 Å². The number of ether oxygens (including phenoxy) is 1. The lowest BCUT2D eigenvalue weighted by atomic mass is 9.77. The van der Waals surface area contributed by atoms with Gasteiger partial charge in [0, 0.05) is 23.6 Å². The molecule has 3 aromatic rings. The summed E-state index contributed by atoms with van der Waals surface area (Å²) in [4.78, 5) is 51.5. The minimum Gasteiger partial charge on any atom is -1.00 e. The van der Waals surface area contributed by atoms with Crippen LogP contribution in [0.2, 0.25) is 0 Å². The van der Waals surface area contributed by atoms with Crippen molar-refractivity contribution in [1.29, 1.82) is 0 Å². The van der Waals surface area contributed by atoms with Gasteiger partial charge in [-0.15, -0.1) is 0 Å². The number of esters is 1. The molecule has 1 aromatic carbocycles. The van der Waals surface area contributed by atoms with E-state index in [1.54, 1.807) is 17.8 Å². The molecule has 2 aliphatic heterocycles. The highest BCUT2D eigenvalue weighted by molar-refractivity contribution is 7.98. The highest BCUT2D eigenvalue weighted by Gasteiger charge is 2.60. The molecule has 40 heavy (non-hydrogen) atoms. The minimum absolute atomic E-state index is 0. The largest absolute Gasteiger partial charge is 1.00 e. The summed E-state index contributed by atoms with van der Waals surface area (Å²) in [5, 5.41) is 22.0. The molecule has 2 aromatic heterocycles. The van der Waals surface area contributed by atoms with Gasteiger partial charge in [-0.05, 0) is 30.9 Å². The first-order valence-electron chi connectivity index (χ1n) is 12.1. The van der Waals surface area contributed by atoms with Crippen molar-refractivity contribution in [2.75, 3.05) is 6.26 Å². The molecule has 0 aliphatic carbocycles. The number of nitro groups is 1. The number of carbonyl (C=O) groups is 3. The number of carbonyl (C=O) groups excluding carboxylic acids is 3. The number of imidazole rings is 1. The summed E-state index contributed by atoms with van der Waals surface area (Å²) >= 11 is 2.88. The molecule has 4 heterocycles. The van der Waals surface area contributed by atoms with Crippen molar-refractivity contribution in [3.8, 4) is 0 Å². The summed E-state index contributed by atoms with van der Waals surface area (Å²) in [6.45, 7) is 3.38. The number of halogens is 1. The second-order valence-electron chi connectivity index (χ2n) is 9.54. The number of non-ortho nitro benzene ring substituents is 1. The van der Waals surface area contributed by atoms with E-state index in [0.717, 1.165) is 14.7 Å². The summed E-state index contributed by atoms with van der Waals surface area (Å²) in [6.07, 6.45) is 4.62. The quantitative estimate of drug-likeness (QED) is 0.0532. The number of nitrogens with zero attached hydrogens (tertiary/aromatic N) is 4. The number of aliphatic hydroxyl groups is 1. The molecule has 0 unspecified atom stereocenters. The van der Waals surface area contributed by atoms with Crippen LogP contribution in [0.1, 0.15) is 24.3 Å². The molecule has 0 radical (unpaired) electrons. The maximum absolute atomic E-state index is 13.5. The number of benzene rings is 1. The van der Waals surface area contributed by atoms with Crippen LogP contribution in [0.25, 0.3) is 10.4 Å². The van der Waals surface area contributed by atoms with Crippen molar-refractivity contribution in [2.24, 2.45) is 17.6 Å². The first kappa shape index (κ1) is 30.0. The van der Waals surface area contributed by atoms with Crippen LogP contribution >= 0.6 is 23.1 Å². The summed E-state index contributed by atoms with van der Waals surface area (Å²) in [5.41, 5.74) is 6.66. The van der Waals surface area contributed by atoms with Crippen LogP contribution in [-0.4, -0.2) is 55.5 Å². The maximum Gasteiger partial charge on any atom is 0.355 e. The van der Waals surface area contributed by atoms with Crippen molar-refractivity contribution in [2.45, 2.75) is 44.2 Å². The summed E-state index contributed by atoms with van der Waals surface area (Å²) in [7, 11) is 0. The number of nitro benzene ring substituents is 1. The minimum atomic E-state index is -0.882. The van der Waals surface area contributed by atoms with Gasteiger partial charge in [0.2, 0.25) is 15.8 Å². The Balaban J connectivity index is 0.00000370. The number of β-lactam (4-membered cyclic amide) rings is 1. The van der Waals surface area contributed by atoms with Gasteiger partial charge in [0.25, 0.3) is 17.9 Å². The van der Waals surface area contributed by atoms with Gasteiger partial charge < -0.3 is 44.5 Å². The van der Waals surface area contributed by atoms with Crippen LogP contribution in [0.5, 0.6) is 0 Å². The van der Waals surface area contributed by atoms with Gasteiger partial charge in [0.05, 0.1) is 27.9 Å². The first-order valence-corrected chi connectivity index (χ1v) is 14.1. The number of hydrogen-bond acceptors (Lipinski definition) is 9. The van der Waals surface area contributed by atoms with E-state index in [9.17, 15) is 29.6 Å². The molecule has 1 fully saturated rings. The summed E-state index contributed by atoms with van der Waals surface area (Å²) < 4.78 is 9.21. The molecule has 12 nitrogen and oxygen atoms in total. The summed E-state index contributed by atoms with van der Waals surface area (Å²) in [5.74, 6) is -2.40. The highest BCUT2D eigenvalue weighted by Crippen LogP contribution is 2.52. The molecule has 2 aliphatic rings. The molecule has 3 N–H and O–H groups in total. The predicted molar refractivity (Wildman–Crippen MR) is 141 cm³/mol. The van der Waals surface area contributed by atoms with Crippen LogP contribution in [0.3, 0.4) is 0 Å². The number of thiazole rings is 1. The van der Waals surface area contributed by atoms with E-state index in [-0.39, 0.29) is 60.3 Å². The van der Waals surface area contributed by atoms with E-state index in [4.69, 9.17) is 10.5 Å². The van der Waals surface area contributed by atoms with E-state index < -0.39 is 34.9 Å². The van der Waals surface area contributed by atoms with Gasteiger partial charge in [-0.1, -0.05) is 30.0 Å². The van der Waals surface area contributed by atoms with Crippen molar-refractivity contribution in [3.05, 3.63) is 63.0 Å². The second kappa shape index (κ2) is 11.5. The van der Waals surface area contributed by atoms with E-state index >= 15 is 0 Å². The monoisotopic (exact) mass is 699 g/mol. The number of amides is 2. The number of hydrogen-bond donors (Lipinski definition) is 2. The van der Waals surface area contributed by atoms with Crippen LogP contribution in [0.4, 0.5) is 5.69 Å². The van der Waals surface area contributed by atoms with Crippen LogP contribution in [-0.2, 0) is 32.3 Å². The Morgan fingerprint density at radius 2 is 2.00 bits per heavy atom. The van der Waals surface area contributed by atoms with Crippen molar-refractivity contribution >= 4 is 57.0 Å². The zero-order valence-electron chi connectivity index (χ0n) is 21.6. The van der Waals surface area contributed by atoms with E-state index in [1.807, 2.05) is 23.8 Å². The number of rotatable bonds is 9. The molecule has 212 valence electrons. The van der Waals surface area contributed by atoms with Gasteiger partial charge in [-0.3, -0.25) is 19.7 Å². The predicted octanol–water partition coefficient (Wildman–Crippen LogP) is -1.28. The number of thioether (sulfide) groups is 1. The average Bonchev–Trinajstić information content (AvgIpc) is 3.49. The lowest BCUT2D eigenvalue weighted by Gasteiger charge is -2.46. The standard InChI is InChI=1S/C25H25N5O7S2.HI/c1-12-18(16-8-27-11-28(9-17(26)32)23(38-3)24(27)39-16)21(29-20(12)19(13(2)31)22(29)33)25(34)37-10-14-4-6-15(7-5-14)30(35)36;/h4-8,11-13,19-20,31H,9-10H2,1-3H3,(H-,26,32);1H/t12-,13+,19+,20+;/m0./s1. The van der Waals surface area contributed by atoms with Gasteiger partial charge in [-0.2, -0.15) is 4.40 Å². The molecular weight excluding hydrogens is 673 g/mol. The number of primary amides is 1. The zero-order valence-corrected chi connectivity index (χ0v) is 25.4. The first-order chi connectivity index (χ1) is 18.5. The molecule has 2 amide bonds. The van der Waals surface area contributed by atoms with Gasteiger partial charge in [0.1, 0.15) is 18.5 Å². The Kier molecular flexibility index (Phi) is 8.58. The van der Waals surface area contributed by atoms with Gasteiger partial charge in [0.15, 0.2) is 6.54 Å². The third-order valence-electron chi connectivity index (χ3n) is 7.07. The highest BCUT2D eigenvalue weighted by atomic mass is 127. The Bertz CT molecular complexity index is 1550. The molecule has 0 saturated carbocycles. The summed E-state index contributed by atoms with van der Waals surface area (Å²) in [6, 6.07) is 5.28. The number of nitrogens with two attached hydrogens (primary N) is 1.